The van der Waals surface area contributed by atoms with Crippen molar-refractivity contribution in [3.8, 4) is 0 Å². The molecule has 0 rings (SSSR count). The van der Waals surface area contributed by atoms with Gasteiger partial charge in [-0.05, 0) is 0 Å². The van der Waals surface area contributed by atoms with Gasteiger partial charge in [0.05, 0.1) is 0 Å². The van der Waals surface area contributed by atoms with Crippen molar-refractivity contribution in [1.82, 2.24) is 6.92 Å². The Labute approximate surface area is 98.1 Å². The molecule has 92 valence electrons. The first-order valence-electron chi connectivity index (χ1n) is 5.34. The molecule has 0 radical (unpaired) electrons. The van der Waals surface area contributed by atoms with E-state index in [9.17, 15) is 0 Å². The Bertz CT molecular complexity index is 263. The van der Waals surface area contributed by atoms with E-state index < -0.39 is 16.2 Å². The summed E-state index contributed by atoms with van der Waals surface area (Å²) < 4.78 is 14.4. The molecule has 0 bridgehead atoms. The molecule has 0 unspecified atom stereocenters. The van der Waals surface area contributed by atoms with E-state index in [2.05, 4.69) is 62.8 Å². The third kappa shape index (κ3) is 4.29. The summed E-state index contributed by atoms with van der Waals surface area (Å²) in [6, 6.07) is 0.708. The minimum atomic E-state index is -2.97. The van der Waals surface area contributed by atoms with Crippen LogP contribution in [0, 0.1) is 0 Å². The number of hydrogen-bond donors (Lipinski definition) is 0. The van der Waals surface area contributed by atoms with Crippen LogP contribution in [0.4, 0.5) is 0 Å². The zero-order chi connectivity index (χ0) is 12.2. The van der Waals surface area contributed by atoms with Crippen LogP contribution in [-0.2, 0) is 16.2 Å². The minimum absolute atomic E-state index is 0.354. The fourth-order valence-electron chi connectivity index (χ4n) is 1.30. The number of hydrogen-bond acceptors (Lipinski definition) is 2. The Kier molecular flexibility index (Phi) is 6.15. The maximum atomic E-state index is 4.94. The van der Waals surface area contributed by atoms with E-state index in [1.807, 2.05) is 0 Å². The molecular formula is C10H26N4W. The standard InChI is InChI=1S/2C3H7N.2C2H6N.W/c2*1-3(2)4;2*1-3-2;/h2*3H,1-2H3;2*1-2H3;/q;;2*-1;+2. The molecule has 0 aromatic heterocycles. The van der Waals surface area contributed by atoms with Gasteiger partial charge in [-0.15, -0.1) is 0 Å². The molecule has 0 aliphatic heterocycles. The summed E-state index contributed by atoms with van der Waals surface area (Å²) in [6.45, 7) is 8.53. The van der Waals surface area contributed by atoms with E-state index in [1.54, 1.807) is 0 Å². The first kappa shape index (κ1) is 15.2. The van der Waals surface area contributed by atoms with Crippen LogP contribution < -0.4 is 0 Å². The van der Waals surface area contributed by atoms with Gasteiger partial charge in [-0.1, -0.05) is 0 Å². The molecule has 0 saturated heterocycles. The topological polar surface area (TPSA) is 31.2 Å². The molecular weight excluding hydrogens is 360 g/mol. The van der Waals surface area contributed by atoms with E-state index in [-0.39, 0.29) is 0 Å². The van der Waals surface area contributed by atoms with Crippen molar-refractivity contribution in [2.45, 2.75) is 39.8 Å². The van der Waals surface area contributed by atoms with Crippen LogP contribution in [0.5, 0.6) is 0 Å². The van der Waals surface area contributed by atoms with Gasteiger partial charge in [0.15, 0.2) is 0 Å². The molecule has 0 aromatic rings. The fourth-order valence-corrected chi connectivity index (χ4v) is 10.6. The summed E-state index contributed by atoms with van der Waals surface area (Å²) in [5.74, 6) is 0. The molecule has 0 aliphatic carbocycles. The number of rotatable bonds is 4. The quantitative estimate of drug-likeness (QED) is 0.743. The van der Waals surface area contributed by atoms with Crippen LogP contribution in [0.2, 0.25) is 0 Å². The first-order chi connectivity index (χ1) is 6.72. The Hall–Kier alpha value is 0.208. The number of nitrogens with zero attached hydrogens (tertiary/aromatic N) is 4. The van der Waals surface area contributed by atoms with Crippen molar-refractivity contribution < 1.29 is 16.2 Å². The van der Waals surface area contributed by atoms with Crippen LogP contribution in [0.3, 0.4) is 0 Å². The second-order valence-electron chi connectivity index (χ2n) is 4.51. The molecule has 0 aromatic carbocycles. The molecule has 0 amide bonds. The van der Waals surface area contributed by atoms with Gasteiger partial charge in [-0.2, -0.15) is 0 Å². The van der Waals surface area contributed by atoms with Crippen molar-refractivity contribution in [2.24, 2.45) is 6.99 Å². The molecule has 0 atom stereocenters. The van der Waals surface area contributed by atoms with Crippen molar-refractivity contribution >= 4 is 0 Å². The third-order valence-corrected chi connectivity index (χ3v) is 13.8. The second-order valence-corrected chi connectivity index (χ2v) is 14.8. The van der Waals surface area contributed by atoms with Crippen molar-refractivity contribution in [2.75, 3.05) is 28.2 Å². The first-order valence-corrected chi connectivity index (χ1v) is 10.6. The van der Waals surface area contributed by atoms with Gasteiger partial charge in [0.1, 0.15) is 0 Å². The van der Waals surface area contributed by atoms with Crippen LogP contribution in [0.15, 0.2) is 6.99 Å². The SMILES string of the molecule is CC(C)[N]=[W](=[N]C(C)C)([N](C)C)[N](C)C. The molecule has 0 spiro atoms. The summed E-state index contributed by atoms with van der Waals surface area (Å²) in [7, 11) is 8.42. The van der Waals surface area contributed by atoms with E-state index in [0.29, 0.717) is 12.1 Å². The van der Waals surface area contributed by atoms with Crippen LogP contribution in [-0.4, -0.2) is 47.2 Å². The molecule has 4 nitrogen and oxygen atoms in total. The van der Waals surface area contributed by atoms with Crippen molar-refractivity contribution in [3.63, 3.8) is 0 Å². The van der Waals surface area contributed by atoms with Gasteiger partial charge in [0.2, 0.25) is 0 Å². The monoisotopic (exact) mass is 386 g/mol. The summed E-state index contributed by atoms with van der Waals surface area (Å²) in [5, 5.41) is 0. The van der Waals surface area contributed by atoms with Crippen LogP contribution in [0.25, 0.3) is 0 Å². The van der Waals surface area contributed by atoms with Crippen molar-refractivity contribution in [1.29, 1.82) is 0 Å². The van der Waals surface area contributed by atoms with Gasteiger partial charge in [-0.25, -0.2) is 0 Å². The molecule has 0 aliphatic rings. The van der Waals surface area contributed by atoms with Gasteiger partial charge >= 0.3 is 98.1 Å². The summed E-state index contributed by atoms with van der Waals surface area (Å²) in [6.07, 6.45) is 0. The van der Waals surface area contributed by atoms with Crippen LogP contribution in [0.1, 0.15) is 27.7 Å². The van der Waals surface area contributed by atoms with Crippen LogP contribution >= 0.6 is 0 Å². The zero-order valence-electron chi connectivity index (χ0n) is 11.4. The summed E-state index contributed by atoms with van der Waals surface area (Å²) >= 11 is -2.97. The normalized spacial score (nSPS) is 13.1. The Morgan fingerprint density at radius 2 is 1.00 bits per heavy atom. The van der Waals surface area contributed by atoms with Crippen molar-refractivity contribution in [3.05, 3.63) is 0 Å². The Balaban J connectivity index is 5.72. The Morgan fingerprint density at radius 3 is 1.13 bits per heavy atom. The third-order valence-electron chi connectivity index (χ3n) is 1.68. The van der Waals surface area contributed by atoms with Gasteiger partial charge < -0.3 is 0 Å². The molecule has 15 heavy (non-hydrogen) atoms. The van der Waals surface area contributed by atoms with E-state index in [1.165, 1.54) is 0 Å². The summed E-state index contributed by atoms with van der Waals surface area (Å²) in [4.78, 5) is 0. The molecule has 5 heteroatoms. The Morgan fingerprint density at radius 1 is 0.733 bits per heavy atom. The zero-order valence-corrected chi connectivity index (χ0v) is 14.3. The van der Waals surface area contributed by atoms with E-state index in [0.717, 1.165) is 0 Å². The average molecular weight is 386 g/mol. The van der Waals surface area contributed by atoms with Gasteiger partial charge in [-0.3, -0.25) is 0 Å². The maximum absolute atomic E-state index is 4.94. The molecule has 0 saturated carbocycles. The predicted octanol–water partition coefficient (Wildman–Crippen LogP) is 2.28. The summed E-state index contributed by atoms with van der Waals surface area (Å²) in [5.41, 5.74) is 0. The molecule has 0 fully saturated rings. The van der Waals surface area contributed by atoms with Gasteiger partial charge in [0.25, 0.3) is 0 Å². The average Bonchev–Trinajstić information content (AvgIpc) is 1.99. The molecule has 0 N–H and O–H groups in total. The van der Waals surface area contributed by atoms with E-state index >= 15 is 0 Å². The van der Waals surface area contributed by atoms with E-state index in [4.69, 9.17) is 6.99 Å². The second kappa shape index (κ2) is 6.07. The van der Waals surface area contributed by atoms with Gasteiger partial charge in [0, 0.05) is 0 Å². The fraction of sp³-hybridized carbons (Fsp3) is 1.00. The molecule has 0 heterocycles. The predicted molar refractivity (Wildman–Crippen MR) is 62.5 cm³/mol.